The predicted octanol–water partition coefficient (Wildman–Crippen LogP) is 2.56. The highest BCUT2D eigenvalue weighted by Gasteiger charge is 2.56. The number of aromatic hydroxyl groups is 2. The zero-order chi connectivity index (χ0) is 25.6. The molecule has 1 aliphatic carbocycles. The molecule has 2 unspecified atom stereocenters. The fourth-order valence-corrected chi connectivity index (χ4v) is 3.39. The highest BCUT2D eigenvalue weighted by molar-refractivity contribution is 6.12. The molecule has 35 heavy (non-hydrogen) atoms. The molecule has 2 aromatic carbocycles. The minimum atomic E-state index is -2.82. The number of aliphatic carboxylic acids is 1. The topological polar surface area (TPSA) is 152 Å². The smallest absolute Gasteiger partial charge is 0.328 e. The van der Waals surface area contributed by atoms with Gasteiger partial charge in [0.25, 0.3) is 0 Å². The molecular weight excluding hydrogens is 452 g/mol. The van der Waals surface area contributed by atoms with Crippen molar-refractivity contribution in [3.05, 3.63) is 108 Å². The molecule has 0 aromatic heterocycles. The van der Waals surface area contributed by atoms with Gasteiger partial charge in [-0.2, -0.15) is 0 Å². The molecule has 2 atom stereocenters. The Bertz CT molecular complexity index is 1310. The van der Waals surface area contributed by atoms with E-state index in [1.807, 2.05) is 0 Å². The Morgan fingerprint density at radius 3 is 1.66 bits per heavy atom. The summed E-state index contributed by atoms with van der Waals surface area (Å²) in [5, 5.41) is 51.2. The van der Waals surface area contributed by atoms with Gasteiger partial charge in [-0.3, -0.25) is 9.59 Å². The van der Waals surface area contributed by atoms with Crippen molar-refractivity contribution >= 4 is 29.7 Å². The summed E-state index contributed by atoms with van der Waals surface area (Å²) in [5.41, 5.74) is -5.00. The largest absolute Gasteiger partial charge is 0.507 e. The van der Waals surface area contributed by atoms with Gasteiger partial charge in [0.1, 0.15) is 11.5 Å². The molecule has 0 amide bonds. The maximum atomic E-state index is 13.1. The van der Waals surface area contributed by atoms with Crippen LogP contribution in [-0.4, -0.2) is 54.3 Å². The summed E-state index contributed by atoms with van der Waals surface area (Å²) in [6, 6.07) is 12.2. The number of benzene rings is 2. The van der Waals surface area contributed by atoms with Crippen molar-refractivity contribution in [3.8, 4) is 11.5 Å². The van der Waals surface area contributed by atoms with Crippen LogP contribution in [0.3, 0.4) is 0 Å². The van der Waals surface area contributed by atoms with E-state index in [2.05, 4.69) is 0 Å². The van der Waals surface area contributed by atoms with E-state index in [0.29, 0.717) is 0 Å². The summed E-state index contributed by atoms with van der Waals surface area (Å²) in [6.45, 7) is 0. The standard InChI is InChI=1S/C27H22O8/c28-21-7-3-1-5-19(21)10-12-23(30)26(34)16-15-18(9-14-25(32)33)17-27(26,35)24(31)13-11-20-6-2-4-8-22(20)29/h1-17,28-29,34-35H,(H,32,33)/b12-10+,13-11+,14-9+. The van der Waals surface area contributed by atoms with Gasteiger partial charge in [-0.1, -0.05) is 42.5 Å². The molecule has 0 radical (unpaired) electrons. The monoisotopic (exact) mass is 474 g/mol. The first kappa shape index (κ1) is 25.1. The lowest BCUT2D eigenvalue weighted by Crippen LogP contribution is -2.61. The molecule has 0 heterocycles. The van der Waals surface area contributed by atoms with E-state index in [9.17, 15) is 34.8 Å². The molecule has 0 bridgehead atoms. The number of aliphatic hydroxyl groups is 2. The molecule has 0 fully saturated rings. The summed E-state index contributed by atoms with van der Waals surface area (Å²) in [4.78, 5) is 37.0. The fourth-order valence-electron chi connectivity index (χ4n) is 3.39. The molecule has 0 aliphatic heterocycles. The summed E-state index contributed by atoms with van der Waals surface area (Å²) < 4.78 is 0. The summed E-state index contributed by atoms with van der Waals surface area (Å²) in [6.07, 6.45) is 9.07. The van der Waals surface area contributed by atoms with E-state index in [0.717, 1.165) is 36.5 Å². The van der Waals surface area contributed by atoms with Gasteiger partial charge in [0.15, 0.2) is 22.8 Å². The van der Waals surface area contributed by atoms with Crippen LogP contribution in [0.25, 0.3) is 12.2 Å². The number of para-hydroxylation sites is 2. The second-order valence-corrected chi connectivity index (χ2v) is 7.69. The van der Waals surface area contributed by atoms with Crippen molar-refractivity contribution in [1.29, 1.82) is 0 Å². The van der Waals surface area contributed by atoms with Gasteiger partial charge in [0, 0.05) is 17.2 Å². The van der Waals surface area contributed by atoms with Gasteiger partial charge in [-0.15, -0.1) is 0 Å². The SMILES string of the molecule is O=C(O)/C=C/C1=CC(O)(C(=O)/C=C/c2ccccc2O)C(O)(C(=O)/C=C/c2ccccc2O)C=C1. The Hall–Kier alpha value is -4.53. The Morgan fingerprint density at radius 2 is 1.17 bits per heavy atom. The minimum absolute atomic E-state index is 0.0568. The van der Waals surface area contributed by atoms with Gasteiger partial charge in [0.05, 0.1) is 0 Å². The number of hydrogen-bond donors (Lipinski definition) is 5. The van der Waals surface area contributed by atoms with Crippen molar-refractivity contribution < 1.29 is 39.9 Å². The molecular formula is C27H22O8. The molecule has 5 N–H and O–H groups in total. The maximum absolute atomic E-state index is 13.1. The van der Waals surface area contributed by atoms with E-state index >= 15 is 0 Å². The Kier molecular flexibility index (Phi) is 7.29. The maximum Gasteiger partial charge on any atom is 0.328 e. The highest BCUT2D eigenvalue weighted by Crippen LogP contribution is 2.35. The molecule has 0 saturated heterocycles. The lowest BCUT2D eigenvalue weighted by Gasteiger charge is -2.38. The van der Waals surface area contributed by atoms with E-state index in [1.54, 1.807) is 24.3 Å². The minimum Gasteiger partial charge on any atom is -0.507 e. The Balaban J connectivity index is 2.03. The van der Waals surface area contributed by atoms with Crippen LogP contribution in [0.15, 0.2) is 96.6 Å². The molecule has 8 heteroatoms. The highest BCUT2D eigenvalue weighted by atomic mass is 16.4. The Labute approximate surface area is 200 Å². The Morgan fingerprint density at radius 1 is 0.686 bits per heavy atom. The van der Waals surface area contributed by atoms with Crippen molar-refractivity contribution in [2.75, 3.05) is 0 Å². The van der Waals surface area contributed by atoms with Crippen molar-refractivity contribution in [2.45, 2.75) is 11.2 Å². The van der Waals surface area contributed by atoms with Crippen molar-refractivity contribution in [1.82, 2.24) is 0 Å². The van der Waals surface area contributed by atoms with Gasteiger partial charge < -0.3 is 25.5 Å². The first-order valence-electron chi connectivity index (χ1n) is 10.4. The third-order valence-electron chi connectivity index (χ3n) is 5.35. The molecule has 3 rings (SSSR count). The van der Waals surface area contributed by atoms with Crippen LogP contribution >= 0.6 is 0 Å². The number of carboxylic acid groups (broad SMARTS) is 1. The second-order valence-electron chi connectivity index (χ2n) is 7.69. The number of ketones is 2. The van der Waals surface area contributed by atoms with Gasteiger partial charge in [-0.05, 0) is 60.2 Å². The van der Waals surface area contributed by atoms with Gasteiger partial charge in [-0.25, -0.2) is 4.79 Å². The number of carbonyl (C=O) groups is 3. The number of phenols is 2. The second kappa shape index (κ2) is 10.2. The summed E-state index contributed by atoms with van der Waals surface area (Å²) in [7, 11) is 0. The molecule has 1 aliphatic rings. The zero-order valence-corrected chi connectivity index (χ0v) is 18.3. The van der Waals surface area contributed by atoms with E-state index in [4.69, 9.17) is 5.11 Å². The van der Waals surface area contributed by atoms with Crippen LogP contribution in [0.1, 0.15) is 11.1 Å². The predicted molar refractivity (Wildman–Crippen MR) is 128 cm³/mol. The summed E-state index contributed by atoms with van der Waals surface area (Å²) in [5.74, 6) is -3.71. The van der Waals surface area contributed by atoms with Crippen LogP contribution in [0, 0.1) is 0 Å². The number of hydrogen-bond acceptors (Lipinski definition) is 7. The van der Waals surface area contributed by atoms with Crippen LogP contribution in [0.2, 0.25) is 0 Å². The van der Waals surface area contributed by atoms with Crippen LogP contribution in [0.4, 0.5) is 0 Å². The molecule has 178 valence electrons. The van der Waals surface area contributed by atoms with Crippen LogP contribution in [0.5, 0.6) is 11.5 Å². The quantitative estimate of drug-likeness (QED) is 0.366. The third-order valence-corrected chi connectivity index (χ3v) is 5.35. The first-order valence-corrected chi connectivity index (χ1v) is 10.4. The number of allylic oxidation sites excluding steroid dienone is 3. The molecule has 0 spiro atoms. The van der Waals surface area contributed by atoms with E-state index < -0.39 is 28.7 Å². The van der Waals surface area contributed by atoms with Gasteiger partial charge in [0.2, 0.25) is 0 Å². The number of carbonyl (C=O) groups excluding carboxylic acids is 2. The van der Waals surface area contributed by atoms with Crippen molar-refractivity contribution in [2.24, 2.45) is 0 Å². The summed E-state index contributed by atoms with van der Waals surface area (Å²) >= 11 is 0. The molecule has 8 nitrogen and oxygen atoms in total. The van der Waals surface area contributed by atoms with Crippen LogP contribution in [-0.2, 0) is 14.4 Å². The van der Waals surface area contributed by atoms with E-state index in [1.165, 1.54) is 42.5 Å². The number of carboxylic acids is 1. The number of phenolic OH excluding ortho intramolecular Hbond substituents is 2. The molecule has 0 saturated carbocycles. The van der Waals surface area contributed by atoms with Crippen molar-refractivity contribution in [3.63, 3.8) is 0 Å². The molecule has 2 aromatic rings. The van der Waals surface area contributed by atoms with Gasteiger partial charge >= 0.3 is 5.97 Å². The third kappa shape index (κ3) is 5.35. The number of rotatable bonds is 8. The fraction of sp³-hybridized carbons (Fsp3) is 0.0741. The zero-order valence-electron chi connectivity index (χ0n) is 18.3. The average molecular weight is 474 g/mol. The first-order chi connectivity index (χ1) is 16.6. The average Bonchev–Trinajstić information content (AvgIpc) is 2.83. The lowest BCUT2D eigenvalue weighted by molar-refractivity contribution is -0.158. The van der Waals surface area contributed by atoms with E-state index in [-0.39, 0.29) is 28.2 Å². The van der Waals surface area contributed by atoms with Crippen LogP contribution < -0.4 is 0 Å². The normalized spacial score (nSPS) is 22.1. The lowest BCUT2D eigenvalue weighted by atomic mass is 9.72.